The number of halogens is 1. The lowest BCUT2D eigenvalue weighted by atomic mass is 10.0. The van der Waals surface area contributed by atoms with Crippen LogP contribution in [0.3, 0.4) is 0 Å². The maximum Gasteiger partial charge on any atom is 0.241 e. The summed E-state index contributed by atoms with van der Waals surface area (Å²) in [7, 11) is -1.88. The third-order valence-electron chi connectivity index (χ3n) is 6.17. The molecule has 1 N–H and O–H groups in total. The number of pyridine rings is 1. The van der Waals surface area contributed by atoms with Gasteiger partial charge < -0.3 is 4.90 Å². The molecule has 0 bridgehead atoms. The van der Waals surface area contributed by atoms with Crippen molar-refractivity contribution in [2.75, 3.05) is 18.0 Å². The van der Waals surface area contributed by atoms with Crippen molar-refractivity contribution in [2.45, 2.75) is 30.7 Å². The van der Waals surface area contributed by atoms with Crippen molar-refractivity contribution < 1.29 is 12.8 Å². The van der Waals surface area contributed by atoms with Crippen molar-refractivity contribution >= 4 is 26.6 Å². The van der Waals surface area contributed by atoms with Crippen LogP contribution in [-0.2, 0) is 17.1 Å². The summed E-state index contributed by atoms with van der Waals surface area (Å²) in [5.41, 5.74) is 1.98. The van der Waals surface area contributed by atoms with E-state index in [9.17, 15) is 12.8 Å². The number of sulfonamides is 1. The molecule has 1 saturated heterocycles. The standard InChI is InChI=1S/C23H24FN7O2S/c1-15-13-16(24)3-4-21(15)34(32,33)29-17-7-11-31(12-8-17)23-19-14-25-9-5-18(19)22(27-28-23)20-6-10-26-30(20)2/h3-6,9-10,13-14,17,29H,7-8,11-12H2,1-2H3. The van der Waals surface area contributed by atoms with Gasteiger partial charge in [-0.2, -0.15) is 5.10 Å². The zero-order chi connectivity index (χ0) is 23.9. The molecule has 9 nitrogen and oxygen atoms in total. The number of aryl methyl sites for hydroxylation is 2. The maximum atomic E-state index is 13.4. The monoisotopic (exact) mass is 481 g/mol. The second-order valence-corrected chi connectivity index (χ2v) is 10.1. The fourth-order valence-corrected chi connectivity index (χ4v) is 5.95. The minimum absolute atomic E-state index is 0.102. The molecule has 0 radical (unpaired) electrons. The van der Waals surface area contributed by atoms with E-state index in [0.29, 0.717) is 31.5 Å². The number of nitrogens with one attached hydrogen (secondary N) is 1. The summed E-state index contributed by atoms with van der Waals surface area (Å²) in [4.78, 5) is 6.50. The van der Waals surface area contributed by atoms with Crippen LogP contribution in [-0.4, -0.2) is 52.5 Å². The lowest BCUT2D eigenvalue weighted by Crippen LogP contribution is -2.45. The molecule has 5 rings (SSSR count). The first-order valence-electron chi connectivity index (χ1n) is 11.0. The highest BCUT2D eigenvalue weighted by atomic mass is 32.2. The van der Waals surface area contributed by atoms with Gasteiger partial charge in [0, 0.05) is 55.5 Å². The van der Waals surface area contributed by atoms with Gasteiger partial charge in [0.15, 0.2) is 5.82 Å². The number of rotatable bonds is 5. The molecule has 176 valence electrons. The van der Waals surface area contributed by atoms with Crippen LogP contribution in [0.1, 0.15) is 18.4 Å². The molecule has 1 aliphatic heterocycles. The molecule has 1 fully saturated rings. The quantitative estimate of drug-likeness (QED) is 0.467. The van der Waals surface area contributed by atoms with Gasteiger partial charge in [-0.15, -0.1) is 10.2 Å². The Morgan fingerprint density at radius 3 is 2.56 bits per heavy atom. The van der Waals surface area contributed by atoms with Gasteiger partial charge >= 0.3 is 0 Å². The van der Waals surface area contributed by atoms with E-state index in [0.717, 1.165) is 34.0 Å². The van der Waals surface area contributed by atoms with Crippen LogP contribution in [0.15, 0.2) is 53.8 Å². The molecule has 1 aromatic carbocycles. The van der Waals surface area contributed by atoms with Crippen molar-refractivity contribution in [3.05, 3.63) is 60.3 Å². The lowest BCUT2D eigenvalue weighted by molar-refractivity contribution is 0.458. The summed E-state index contributed by atoms with van der Waals surface area (Å²) in [5, 5.41) is 15.1. The summed E-state index contributed by atoms with van der Waals surface area (Å²) >= 11 is 0. The molecule has 0 atom stereocenters. The lowest BCUT2D eigenvalue weighted by Gasteiger charge is -2.33. The number of aromatic nitrogens is 5. The van der Waals surface area contributed by atoms with Crippen molar-refractivity contribution in [2.24, 2.45) is 7.05 Å². The van der Waals surface area contributed by atoms with Crippen LogP contribution in [0, 0.1) is 12.7 Å². The summed E-state index contributed by atoms with van der Waals surface area (Å²) in [6.07, 6.45) is 6.44. The smallest absolute Gasteiger partial charge is 0.241 e. The first-order chi connectivity index (χ1) is 16.3. The predicted molar refractivity (Wildman–Crippen MR) is 126 cm³/mol. The van der Waals surface area contributed by atoms with E-state index >= 15 is 0 Å². The Morgan fingerprint density at radius 1 is 1.06 bits per heavy atom. The second-order valence-electron chi connectivity index (χ2n) is 8.43. The second kappa shape index (κ2) is 8.73. The van der Waals surface area contributed by atoms with Gasteiger partial charge in [-0.3, -0.25) is 9.67 Å². The highest BCUT2D eigenvalue weighted by molar-refractivity contribution is 7.89. The Balaban J connectivity index is 1.35. The van der Waals surface area contributed by atoms with E-state index in [1.54, 1.807) is 30.2 Å². The first-order valence-corrected chi connectivity index (χ1v) is 12.4. The Kier molecular flexibility index (Phi) is 5.74. The van der Waals surface area contributed by atoms with E-state index in [-0.39, 0.29) is 10.9 Å². The molecule has 0 spiro atoms. The molecule has 0 unspecified atom stereocenters. The van der Waals surface area contributed by atoms with Crippen molar-refractivity contribution in [3.63, 3.8) is 0 Å². The largest absolute Gasteiger partial charge is 0.354 e. The zero-order valence-electron chi connectivity index (χ0n) is 18.8. The van der Waals surface area contributed by atoms with Crippen LogP contribution in [0.25, 0.3) is 22.2 Å². The molecule has 11 heteroatoms. The van der Waals surface area contributed by atoms with E-state index in [2.05, 4.69) is 29.9 Å². The molecule has 4 heterocycles. The van der Waals surface area contributed by atoms with Gasteiger partial charge in [0.25, 0.3) is 0 Å². The van der Waals surface area contributed by atoms with Crippen LogP contribution in [0.5, 0.6) is 0 Å². The zero-order valence-corrected chi connectivity index (χ0v) is 19.6. The molecule has 1 aliphatic rings. The number of benzene rings is 1. The van der Waals surface area contributed by atoms with Crippen molar-refractivity contribution in [1.29, 1.82) is 0 Å². The van der Waals surface area contributed by atoms with Gasteiger partial charge in [-0.1, -0.05) is 0 Å². The minimum Gasteiger partial charge on any atom is -0.354 e. The molecular formula is C23H24FN7O2S. The van der Waals surface area contributed by atoms with Crippen molar-refractivity contribution in [1.82, 2.24) is 29.7 Å². The summed E-state index contributed by atoms with van der Waals surface area (Å²) in [6.45, 7) is 2.81. The summed E-state index contributed by atoms with van der Waals surface area (Å²) in [6, 6.07) is 7.28. The Labute approximate surface area is 196 Å². The van der Waals surface area contributed by atoms with E-state index in [1.165, 1.54) is 12.1 Å². The molecule has 4 aromatic rings. The van der Waals surface area contributed by atoms with Gasteiger partial charge in [0.2, 0.25) is 10.0 Å². The Morgan fingerprint density at radius 2 is 1.85 bits per heavy atom. The predicted octanol–water partition coefficient (Wildman–Crippen LogP) is 2.82. The molecule has 0 amide bonds. The van der Waals surface area contributed by atoms with Gasteiger partial charge in [-0.25, -0.2) is 17.5 Å². The Hall–Kier alpha value is -3.44. The molecule has 34 heavy (non-hydrogen) atoms. The van der Waals surface area contributed by atoms with Crippen LogP contribution in [0.2, 0.25) is 0 Å². The van der Waals surface area contributed by atoms with E-state index in [1.807, 2.05) is 19.2 Å². The van der Waals surface area contributed by atoms with Gasteiger partial charge in [0.1, 0.15) is 11.5 Å². The van der Waals surface area contributed by atoms with Gasteiger partial charge in [0.05, 0.1) is 10.6 Å². The average Bonchev–Trinajstić information content (AvgIpc) is 3.24. The number of nitrogens with zero attached hydrogens (tertiary/aromatic N) is 6. The highest BCUT2D eigenvalue weighted by Crippen LogP contribution is 2.32. The molecule has 0 aliphatic carbocycles. The number of piperidine rings is 1. The van der Waals surface area contributed by atoms with Gasteiger partial charge in [-0.05, 0) is 55.7 Å². The minimum atomic E-state index is -3.74. The molecule has 3 aromatic heterocycles. The molecular weight excluding hydrogens is 457 g/mol. The van der Waals surface area contributed by atoms with E-state index < -0.39 is 15.8 Å². The average molecular weight is 482 g/mol. The number of fused-ring (bicyclic) bond motifs is 1. The number of hydrogen-bond acceptors (Lipinski definition) is 7. The molecule has 0 saturated carbocycles. The normalized spacial score (nSPS) is 15.2. The summed E-state index contributed by atoms with van der Waals surface area (Å²) in [5.74, 6) is 0.270. The fourth-order valence-electron chi connectivity index (χ4n) is 4.42. The fraction of sp³-hybridized carbons (Fsp3) is 0.304. The number of hydrogen-bond donors (Lipinski definition) is 1. The third kappa shape index (κ3) is 4.12. The number of anilines is 1. The Bertz CT molecular complexity index is 1460. The van der Waals surface area contributed by atoms with E-state index in [4.69, 9.17) is 0 Å². The van der Waals surface area contributed by atoms with Crippen LogP contribution < -0.4 is 9.62 Å². The maximum absolute atomic E-state index is 13.4. The first kappa shape index (κ1) is 22.4. The van der Waals surface area contributed by atoms with Crippen LogP contribution >= 0.6 is 0 Å². The topological polar surface area (TPSA) is 106 Å². The highest BCUT2D eigenvalue weighted by Gasteiger charge is 2.27. The van der Waals surface area contributed by atoms with Crippen LogP contribution in [0.4, 0.5) is 10.2 Å². The third-order valence-corrected chi connectivity index (χ3v) is 7.85. The SMILES string of the molecule is Cc1cc(F)ccc1S(=O)(=O)NC1CCN(c2nnc(-c3ccnn3C)c3ccncc23)CC1. The summed E-state index contributed by atoms with van der Waals surface area (Å²) < 4.78 is 43.6. The van der Waals surface area contributed by atoms with Crippen molar-refractivity contribution in [3.8, 4) is 11.4 Å².